The third kappa shape index (κ3) is 5.38. The highest BCUT2D eigenvalue weighted by Crippen LogP contribution is 2.28. The van der Waals surface area contributed by atoms with Gasteiger partial charge >= 0.3 is 0 Å². The summed E-state index contributed by atoms with van der Waals surface area (Å²) in [5, 5.41) is 3.54. The van der Waals surface area contributed by atoms with Gasteiger partial charge in [0.2, 0.25) is 5.91 Å². The van der Waals surface area contributed by atoms with Crippen molar-refractivity contribution in [3.05, 3.63) is 53.1 Å². The van der Waals surface area contributed by atoms with Crippen LogP contribution in [0.5, 0.6) is 11.5 Å². The quantitative estimate of drug-likeness (QED) is 0.749. The van der Waals surface area contributed by atoms with E-state index in [2.05, 4.69) is 5.32 Å². The van der Waals surface area contributed by atoms with Gasteiger partial charge in [-0.15, -0.1) is 0 Å². The molecule has 0 aliphatic heterocycles. The lowest BCUT2D eigenvalue weighted by Crippen LogP contribution is -2.39. The van der Waals surface area contributed by atoms with Crippen molar-refractivity contribution in [1.82, 2.24) is 4.90 Å². The first-order valence-electron chi connectivity index (χ1n) is 8.51. The number of anilines is 1. The summed E-state index contributed by atoms with van der Waals surface area (Å²) in [6, 6.07) is 12.6. The highest BCUT2D eigenvalue weighted by atomic mass is 35.5. The second-order valence-corrected chi connectivity index (χ2v) is 6.44. The predicted octanol–water partition coefficient (Wildman–Crippen LogP) is 4.21. The molecule has 2 aromatic carbocycles. The zero-order valence-corrected chi connectivity index (χ0v) is 16.3. The molecule has 0 spiro atoms. The van der Waals surface area contributed by atoms with E-state index in [4.69, 9.17) is 21.1 Å². The lowest BCUT2D eigenvalue weighted by atomic mass is 10.1. The third-order valence-corrected chi connectivity index (χ3v) is 4.36. The summed E-state index contributed by atoms with van der Waals surface area (Å²) in [7, 11) is 3.53. The van der Waals surface area contributed by atoms with Gasteiger partial charge in [-0.05, 0) is 62.9 Å². The number of likely N-dealkylation sites (N-methyl/N-ethyl adjacent to an activating group) is 1. The number of hydrogen-bond acceptors (Lipinski definition) is 4. The summed E-state index contributed by atoms with van der Waals surface area (Å²) in [6.45, 7) is 4.99. The van der Waals surface area contributed by atoms with Crippen LogP contribution >= 0.6 is 11.6 Å². The van der Waals surface area contributed by atoms with Gasteiger partial charge in [-0.2, -0.15) is 0 Å². The first-order chi connectivity index (χ1) is 12.4. The van der Waals surface area contributed by atoms with E-state index in [0.717, 1.165) is 17.0 Å². The molecule has 0 unspecified atom stereocenters. The fourth-order valence-electron chi connectivity index (χ4n) is 2.49. The highest BCUT2D eigenvalue weighted by molar-refractivity contribution is 6.30. The van der Waals surface area contributed by atoms with Crippen LogP contribution in [0.25, 0.3) is 0 Å². The number of benzene rings is 2. The molecular formula is C20H25ClN2O3. The molecular weight excluding hydrogens is 352 g/mol. The number of carbonyl (C=O) groups is 1. The smallest absolute Gasteiger partial charge is 0.241 e. The molecule has 0 heterocycles. The maximum atomic E-state index is 12.5. The first kappa shape index (κ1) is 20.1. The standard InChI is InChI=1S/C20H25ClN2O3/c1-5-26-18-11-6-15(12-19(18)25-4)13-23(3)14(2)20(24)22-17-9-7-16(21)8-10-17/h6-12,14H,5,13H2,1-4H3,(H,22,24)/t14-/m1/s1. The second kappa shape index (κ2) is 9.46. The molecule has 0 fully saturated rings. The minimum absolute atomic E-state index is 0.0762. The Hall–Kier alpha value is -2.24. The highest BCUT2D eigenvalue weighted by Gasteiger charge is 2.19. The Morgan fingerprint density at radius 1 is 1.19 bits per heavy atom. The maximum Gasteiger partial charge on any atom is 0.241 e. The van der Waals surface area contributed by atoms with Crippen LogP contribution in [0.1, 0.15) is 19.4 Å². The normalized spacial score (nSPS) is 11.9. The summed E-state index contributed by atoms with van der Waals surface area (Å²) in [5.74, 6) is 1.33. The molecule has 2 aromatic rings. The van der Waals surface area contributed by atoms with Gasteiger partial charge in [-0.25, -0.2) is 0 Å². The molecule has 5 nitrogen and oxygen atoms in total. The SMILES string of the molecule is CCOc1ccc(CN(C)[C@H](C)C(=O)Nc2ccc(Cl)cc2)cc1OC. The molecule has 0 aromatic heterocycles. The van der Waals surface area contributed by atoms with E-state index >= 15 is 0 Å². The van der Waals surface area contributed by atoms with Crippen LogP contribution in [0.15, 0.2) is 42.5 Å². The van der Waals surface area contributed by atoms with Crippen LogP contribution in [-0.4, -0.2) is 37.6 Å². The number of methoxy groups -OCH3 is 1. The predicted molar refractivity (Wildman–Crippen MR) is 105 cm³/mol. The average Bonchev–Trinajstić information content (AvgIpc) is 2.64. The van der Waals surface area contributed by atoms with E-state index in [1.54, 1.807) is 31.4 Å². The number of nitrogens with one attached hydrogen (secondary N) is 1. The minimum atomic E-state index is -0.303. The monoisotopic (exact) mass is 376 g/mol. The molecule has 1 amide bonds. The van der Waals surface area contributed by atoms with Crippen LogP contribution in [-0.2, 0) is 11.3 Å². The number of carbonyl (C=O) groups excluding carboxylic acids is 1. The molecule has 26 heavy (non-hydrogen) atoms. The maximum absolute atomic E-state index is 12.5. The summed E-state index contributed by atoms with van der Waals surface area (Å²) in [6.07, 6.45) is 0. The van der Waals surface area contributed by atoms with Crippen LogP contribution in [0.3, 0.4) is 0 Å². The Labute approximate surface area is 159 Å². The second-order valence-electron chi connectivity index (χ2n) is 6.01. The average molecular weight is 377 g/mol. The van der Waals surface area contributed by atoms with Crippen molar-refractivity contribution >= 4 is 23.2 Å². The Bertz CT molecular complexity index is 734. The molecule has 140 valence electrons. The minimum Gasteiger partial charge on any atom is -0.493 e. The number of nitrogens with zero attached hydrogens (tertiary/aromatic N) is 1. The molecule has 1 N–H and O–H groups in total. The van der Waals surface area contributed by atoms with Crippen molar-refractivity contribution in [2.24, 2.45) is 0 Å². The van der Waals surface area contributed by atoms with Gasteiger partial charge in [0.05, 0.1) is 19.8 Å². The number of halogens is 1. The summed E-state index contributed by atoms with van der Waals surface area (Å²) < 4.78 is 10.9. The van der Waals surface area contributed by atoms with Crippen molar-refractivity contribution in [3.63, 3.8) is 0 Å². The topological polar surface area (TPSA) is 50.8 Å². The van der Waals surface area contributed by atoms with Crippen LogP contribution in [0.4, 0.5) is 5.69 Å². The molecule has 0 bridgehead atoms. The van der Waals surface area contributed by atoms with Crippen LogP contribution in [0, 0.1) is 0 Å². The van der Waals surface area contributed by atoms with E-state index in [0.29, 0.717) is 23.9 Å². The number of hydrogen-bond donors (Lipinski definition) is 1. The van der Waals surface area contributed by atoms with E-state index in [9.17, 15) is 4.79 Å². The number of amides is 1. The fourth-order valence-corrected chi connectivity index (χ4v) is 2.62. The molecule has 2 rings (SSSR count). The third-order valence-electron chi connectivity index (χ3n) is 4.11. The molecule has 0 aliphatic rings. The van der Waals surface area contributed by atoms with Gasteiger partial charge in [-0.1, -0.05) is 17.7 Å². The van der Waals surface area contributed by atoms with Gasteiger partial charge < -0.3 is 14.8 Å². The lowest BCUT2D eigenvalue weighted by molar-refractivity contribution is -0.120. The number of ether oxygens (including phenoxy) is 2. The van der Waals surface area contributed by atoms with Crippen molar-refractivity contribution in [2.45, 2.75) is 26.4 Å². The van der Waals surface area contributed by atoms with E-state index in [1.165, 1.54) is 0 Å². The number of rotatable bonds is 8. The summed E-state index contributed by atoms with van der Waals surface area (Å²) in [5.41, 5.74) is 1.77. The molecule has 0 aliphatic carbocycles. The summed E-state index contributed by atoms with van der Waals surface area (Å²) >= 11 is 5.87. The fraction of sp³-hybridized carbons (Fsp3) is 0.350. The summed E-state index contributed by atoms with van der Waals surface area (Å²) in [4.78, 5) is 14.4. The van der Waals surface area contributed by atoms with Gasteiger partial charge in [0.15, 0.2) is 11.5 Å². The molecule has 1 atom stereocenters. The van der Waals surface area contributed by atoms with E-state index in [-0.39, 0.29) is 11.9 Å². The zero-order chi connectivity index (χ0) is 19.1. The molecule has 6 heteroatoms. The van der Waals surface area contributed by atoms with Crippen molar-refractivity contribution in [2.75, 3.05) is 26.1 Å². The van der Waals surface area contributed by atoms with E-state index in [1.807, 2.05) is 44.0 Å². The Morgan fingerprint density at radius 3 is 2.50 bits per heavy atom. The van der Waals surface area contributed by atoms with Crippen molar-refractivity contribution in [1.29, 1.82) is 0 Å². The van der Waals surface area contributed by atoms with Gasteiger partial charge in [0.1, 0.15) is 0 Å². The zero-order valence-electron chi connectivity index (χ0n) is 15.6. The van der Waals surface area contributed by atoms with Gasteiger partial charge in [0, 0.05) is 17.3 Å². The van der Waals surface area contributed by atoms with Crippen LogP contribution in [0.2, 0.25) is 5.02 Å². The van der Waals surface area contributed by atoms with Gasteiger partial charge in [-0.3, -0.25) is 9.69 Å². The molecule has 0 saturated carbocycles. The molecule has 0 radical (unpaired) electrons. The van der Waals surface area contributed by atoms with Crippen molar-refractivity contribution in [3.8, 4) is 11.5 Å². The lowest BCUT2D eigenvalue weighted by Gasteiger charge is -2.24. The first-order valence-corrected chi connectivity index (χ1v) is 8.88. The molecule has 0 saturated heterocycles. The Balaban J connectivity index is 2.00. The largest absolute Gasteiger partial charge is 0.493 e. The van der Waals surface area contributed by atoms with Gasteiger partial charge in [0.25, 0.3) is 0 Å². The van der Waals surface area contributed by atoms with Crippen molar-refractivity contribution < 1.29 is 14.3 Å². The van der Waals surface area contributed by atoms with E-state index < -0.39 is 0 Å². The Morgan fingerprint density at radius 2 is 1.88 bits per heavy atom. The Kier molecular flexibility index (Phi) is 7.30. The van der Waals surface area contributed by atoms with Crippen LogP contribution < -0.4 is 14.8 Å².